The van der Waals surface area contributed by atoms with E-state index < -0.39 is 45.1 Å². The maximum absolute atomic E-state index is 12.6. The van der Waals surface area contributed by atoms with Crippen LogP contribution in [0, 0.1) is 0 Å². The third kappa shape index (κ3) is 37.5. The Labute approximate surface area is 326 Å². The highest BCUT2D eigenvalue weighted by molar-refractivity contribution is 7.47. The van der Waals surface area contributed by atoms with Gasteiger partial charge in [-0.15, -0.1) is 0 Å². The van der Waals surface area contributed by atoms with Crippen LogP contribution in [0.2, 0.25) is 0 Å². The summed E-state index contributed by atoms with van der Waals surface area (Å²) in [6, 6.07) is -1.49. The largest absolute Gasteiger partial charge is 0.480 e. The molecule has 0 amide bonds. The second-order valence-corrected chi connectivity index (χ2v) is 14.5. The summed E-state index contributed by atoms with van der Waals surface area (Å²) >= 11 is 0. The standard InChI is InChI=1S/C43H72NO9P/c1-3-5-7-9-11-13-15-17-18-19-20-21-22-23-24-26-28-30-32-34-36-50-37-40(38-51-54(48,49)52-39-41(44)43(46)47)53-42(45)35-33-31-29-27-25-16-14-12-10-8-6-4-2/h5,7,11-14,17-18,20-21,23-24,28,30,40-41H,3-4,6,8-10,15-16,19,22,25-27,29,31-39,44H2,1-2H3,(H,46,47)(H,48,49)/b7-5-,13-11-,14-12-,18-17-,21-20-,24-23-,30-28-. The first-order chi connectivity index (χ1) is 26.2. The van der Waals surface area contributed by atoms with Gasteiger partial charge in [0.2, 0.25) is 0 Å². The maximum Gasteiger partial charge on any atom is 0.472 e. The number of carboxylic acid groups (broad SMARTS) is 1. The van der Waals surface area contributed by atoms with Crippen molar-refractivity contribution in [3.05, 3.63) is 85.1 Å². The number of carboxylic acids is 1. The second kappa shape index (κ2) is 38.4. The summed E-state index contributed by atoms with van der Waals surface area (Å²) in [6.45, 7) is 3.54. The summed E-state index contributed by atoms with van der Waals surface area (Å²) in [4.78, 5) is 33.4. The molecule has 3 atom stereocenters. The monoisotopic (exact) mass is 777 g/mol. The smallest absolute Gasteiger partial charge is 0.472 e. The number of nitrogens with two attached hydrogens (primary N) is 1. The van der Waals surface area contributed by atoms with E-state index in [0.717, 1.165) is 89.9 Å². The van der Waals surface area contributed by atoms with Crippen molar-refractivity contribution in [2.24, 2.45) is 5.73 Å². The fourth-order valence-corrected chi connectivity index (χ4v) is 5.57. The van der Waals surface area contributed by atoms with Gasteiger partial charge in [0.15, 0.2) is 0 Å². The minimum atomic E-state index is -4.63. The zero-order chi connectivity index (χ0) is 39.8. The first-order valence-electron chi connectivity index (χ1n) is 20.1. The normalized spacial score (nSPS) is 14.9. The average molecular weight is 778 g/mol. The summed E-state index contributed by atoms with van der Waals surface area (Å²) in [7, 11) is -4.63. The molecular formula is C43H72NO9P. The van der Waals surface area contributed by atoms with E-state index in [9.17, 15) is 19.0 Å². The Morgan fingerprint density at radius 2 is 1.07 bits per heavy atom. The quantitative estimate of drug-likeness (QED) is 0.0240. The highest BCUT2D eigenvalue weighted by atomic mass is 31.2. The van der Waals surface area contributed by atoms with Crippen molar-refractivity contribution < 1.29 is 42.7 Å². The van der Waals surface area contributed by atoms with Crippen molar-refractivity contribution in [2.75, 3.05) is 26.4 Å². The number of phosphoric acid groups is 1. The molecule has 0 fully saturated rings. The summed E-state index contributed by atoms with van der Waals surface area (Å²) in [5.41, 5.74) is 5.34. The van der Waals surface area contributed by atoms with Crippen molar-refractivity contribution >= 4 is 19.8 Å². The fourth-order valence-electron chi connectivity index (χ4n) is 4.79. The molecular weight excluding hydrogens is 705 g/mol. The first kappa shape index (κ1) is 51.1. The molecule has 3 unspecified atom stereocenters. The number of rotatable bonds is 37. The van der Waals surface area contributed by atoms with Crippen LogP contribution in [-0.4, -0.2) is 60.5 Å². The van der Waals surface area contributed by atoms with Crippen molar-refractivity contribution in [1.82, 2.24) is 0 Å². The Kier molecular flexibility index (Phi) is 36.4. The average Bonchev–Trinajstić information content (AvgIpc) is 3.15. The van der Waals surface area contributed by atoms with Crippen LogP contribution in [0.25, 0.3) is 0 Å². The van der Waals surface area contributed by atoms with E-state index in [2.05, 4.69) is 103 Å². The van der Waals surface area contributed by atoms with Crippen LogP contribution >= 0.6 is 7.82 Å². The van der Waals surface area contributed by atoms with E-state index in [-0.39, 0.29) is 13.0 Å². The molecule has 0 spiro atoms. The minimum Gasteiger partial charge on any atom is -0.480 e. The lowest BCUT2D eigenvalue weighted by atomic mass is 10.1. The molecule has 0 aliphatic rings. The van der Waals surface area contributed by atoms with Gasteiger partial charge in [0.25, 0.3) is 0 Å². The third-order valence-electron chi connectivity index (χ3n) is 7.91. The molecule has 0 aromatic rings. The molecule has 0 aliphatic heterocycles. The molecule has 54 heavy (non-hydrogen) atoms. The number of esters is 1. The van der Waals surface area contributed by atoms with Crippen molar-refractivity contribution in [3.8, 4) is 0 Å². The Hall–Kier alpha value is -2.85. The molecule has 0 aliphatic carbocycles. The SMILES string of the molecule is CC/C=C\C/C=C\C/C=C\C/C=C\C/C=C\C/C=C\CCCOCC(COP(=O)(O)OCC(N)C(=O)O)OC(=O)CCCCCCC/C=C\CCCCC. The molecule has 308 valence electrons. The van der Waals surface area contributed by atoms with Gasteiger partial charge in [0, 0.05) is 13.0 Å². The number of carbonyl (C=O) groups excluding carboxylic acids is 1. The maximum atomic E-state index is 12.6. The number of ether oxygens (including phenoxy) is 2. The van der Waals surface area contributed by atoms with E-state index in [0.29, 0.717) is 13.0 Å². The zero-order valence-electron chi connectivity index (χ0n) is 33.3. The van der Waals surface area contributed by atoms with Gasteiger partial charge in [-0.1, -0.05) is 131 Å². The number of phosphoric ester groups is 1. The van der Waals surface area contributed by atoms with Crippen LogP contribution in [0.1, 0.15) is 136 Å². The Morgan fingerprint density at radius 3 is 1.63 bits per heavy atom. The lowest BCUT2D eigenvalue weighted by molar-refractivity contribution is -0.154. The van der Waals surface area contributed by atoms with Gasteiger partial charge in [-0.25, -0.2) is 4.57 Å². The number of hydrogen-bond acceptors (Lipinski definition) is 8. The molecule has 4 N–H and O–H groups in total. The third-order valence-corrected chi connectivity index (χ3v) is 8.86. The van der Waals surface area contributed by atoms with Gasteiger partial charge in [0.05, 0.1) is 19.8 Å². The van der Waals surface area contributed by atoms with Crippen LogP contribution in [0.3, 0.4) is 0 Å². The molecule has 10 nitrogen and oxygen atoms in total. The van der Waals surface area contributed by atoms with Gasteiger partial charge in [0.1, 0.15) is 12.1 Å². The predicted molar refractivity (Wildman–Crippen MR) is 221 cm³/mol. The van der Waals surface area contributed by atoms with E-state index >= 15 is 0 Å². The number of hydrogen-bond donors (Lipinski definition) is 3. The predicted octanol–water partition coefficient (Wildman–Crippen LogP) is 10.8. The van der Waals surface area contributed by atoms with Crippen LogP contribution in [0.4, 0.5) is 0 Å². The molecule has 0 saturated carbocycles. The van der Waals surface area contributed by atoms with Crippen LogP contribution in [0.5, 0.6) is 0 Å². The molecule has 0 saturated heterocycles. The number of unbranched alkanes of at least 4 members (excludes halogenated alkanes) is 9. The molecule has 0 heterocycles. The van der Waals surface area contributed by atoms with Gasteiger partial charge in [-0.05, 0) is 83.5 Å². The van der Waals surface area contributed by atoms with Gasteiger partial charge in [-0.2, -0.15) is 0 Å². The molecule has 0 aromatic heterocycles. The van der Waals surface area contributed by atoms with Gasteiger partial charge >= 0.3 is 19.8 Å². The summed E-state index contributed by atoms with van der Waals surface area (Å²) in [5, 5.41) is 8.87. The number of carbonyl (C=O) groups is 2. The summed E-state index contributed by atoms with van der Waals surface area (Å²) in [6.07, 6.45) is 47.9. The van der Waals surface area contributed by atoms with E-state index in [1.165, 1.54) is 19.3 Å². The Morgan fingerprint density at radius 1 is 0.611 bits per heavy atom. The van der Waals surface area contributed by atoms with E-state index in [1.807, 2.05) is 0 Å². The van der Waals surface area contributed by atoms with Crippen LogP contribution < -0.4 is 5.73 Å². The molecule has 0 aromatic carbocycles. The van der Waals surface area contributed by atoms with Gasteiger partial charge in [-0.3, -0.25) is 18.6 Å². The topological polar surface area (TPSA) is 155 Å². The molecule has 0 radical (unpaired) electrons. The molecule has 11 heteroatoms. The van der Waals surface area contributed by atoms with E-state index in [4.69, 9.17) is 24.8 Å². The summed E-state index contributed by atoms with van der Waals surface area (Å²) in [5.74, 6) is -1.82. The lowest BCUT2D eigenvalue weighted by Gasteiger charge is -2.20. The minimum absolute atomic E-state index is 0.0317. The summed E-state index contributed by atoms with van der Waals surface area (Å²) < 4.78 is 33.2. The second-order valence-electron chi connectivity index (χ2n) is 13.0. The van der Waals surface area contributed by atoms with E-state index in [1.54, 1.807) is 0 Å². The van der Waals surface area contributed by atoms with Gasteiger partial charge < -0.3 is 25.2 Å². The zero-order valence-corrected chi connectivity index (χ0v) is 34.2. The Balaban J connectivity index is 4.41. The lowest BCUT2D eigenvalue weighted by Crippen LogP contribution is -2.34. The molecule has 0 rings (SSSR count). The first-order valence-corrected chi connectivity index (χ1v) is 21.6. The van der Waals surface area contributed by atoms with Crippen LogP contribution in [-0.2, 0) is 32.7 Å². The highest BCUT2D eigenvalue weighted by Gasteiger charge is 2.27. The van der Waals surface area contributed by atoms with Crippen molar-refractivity contribution in [1.29, 1.82) is 0 Å². The fraction of sp³-hybridized carbons (Fsp3) is 0.628. The highest BCUT2D eigenvalue weighted by Crippen LogP contribution is 2.43. The molecule has 0 bridgehead atoms. The van der Waals surface area contributed by atoms with Crippen LogP contribution in [0.15, 0.2) is 85.1 Å². The van der Waals surface area contributed by atoms with Crippen molar-refractivity contribution in [3.63, 3.8) is 0 Å². The van der Waals surface area contributed by atoms with Crippen molar-refractivity contribution in [2.45, 2.75) is 148 Å². The Bertz CT molecular complexity index is 1180. The number of allylic oxidation sites excluding steroid dienone is 14. The number of aliphatic carboxylic acids is 1.